The molecular formula is C17H20O2. The Bertz CT molecular complexity index is 531. The third-order valence-corrected chi connectivity index (χ3v) is 6.39. The fourth-order valence-corrected chi connectivity index (χ4v) is 5.63. The molecule has 5 aliphatic carbocycles. The maximum absolute atomic E-state index is 10.8. The number of fused-ring (bicyclic) bond motifs is 7. The average Bonchev–Trinajstić information content (AvgIpc) is 3.06. The second-order valence-corrected chi connectivity index (χ2v) is 7.11. The van der Waals surface area contributed by atoms with Crippen molar-refractivity contribution in [3.8, 4) is 11.5 Å². The summed E-state index contributed by atoms with van der Waals surface area (Å²) in [5, 5.41) is 21.6. The highest BCUT2D eigenvalue weighted by atomic mass is 16.3. The van der Waals surface area contributed by atoms with Crippen molar-refractivity contribution in [3.63, 3.8) is 0 Å². The summed E-state index contributed by atoms with van der Waals surface area (Å²) >= 11 is 0. The van der Waals surface area contributed by atoms with E-state index in [1.54, 1.807) is 0 Å². The van der Waals surface area contributed by atoms with Crippen LogP contribution >= 0.6 is 0 Å². The molecule has 0 heterocycles. The third-order valence-electron chi connectivity index (χ3n) is 6.39. The first kappa shape index (κ1) is 10.6. The number of hydrogen-bond donors (Lipinski definition) is 2. The van der Waals surface area contributed by atoms with E-state index in [1.807, 2.05) is 0 Å². The van der Waals surface area contributed by atoms with Crippen molar-refractivity contribution in [2.75, 3.05) is 0 Å². The molecule has 0 radical (unpaired) electrons. The van der Waals surface area contributed by atoms with E-state index in [0.29, 0.717) is 35.2 Å². The van der Waals surface area contributed by atoms with Crippen molar-refractivity contribution in [2.45, 2.75) is 68.6 Å². The van der Waals surface area contributed by atoms with Crippen LogP contribution in [-0.4, -0.2) is 10.2 Å². The van der Waals surface area contributed by atoms with Gasteiger partial charge in [-0.1, -0.05) is 0 Å². The monoisotopic (exact) mass is 256 g/mol. The lowest BCUT2D eigenvalue weighted by Gasteiger charge is -2.40. The van der Waals surface area contributed by atoms with Crippen molar-refractivity contribution >= 4 is 0 Å². The minimum atomic E-state index is 0.510. The quantitative estimate of drug-likeness (QED) is 0.682. The first-order valence-electron chi connectivity index (χ1n) is 7.87. The van der Waals surface area contributed by atoms with Crippen molar-refractivity contribution < 1.29 is 10.2 Å². The molecule has 0 aliphatic heterocycles. The van der Waals surface area contributed by atoms with Crippen LogP contribution in [0.3, 0.4) is 0 Å². The summed E-state index contributed by atoms with van der Waals surface area (Å²) in [6.45, 7) is 0. The van der Waals surface area contributed by atoms with Gasteiger partial charge in [0.15, 0.2) is 0 Å². The molecule has 1 aromatic carbocycles. The molecule has 2 fully saturated rings. The zero-order valence-corrected chi connectivity index (χ0v) is 11.2. The highest BCUT2D eigenvalue weighted by molar-refractivity contribution is 5.66. The summed E-state index contributed by atoms with van der Waals surface area (Å²) in [7, 11) is 0. The van der Waals surface area contributed by atoms with Crippen molar-refractivity contribution in [3.05, 3.63) is 22.3 Å². The molecule has 2 N–H and O–H groups in total. The fourth-order valence-electron chi connectivity index (χ4n) is 5.63. The Labute approximate surface area is 113 Å². The molecule has 0 saturated heterocycles. The predicted octanol–water partition coefficient (Wildman–Crippen LogP) is 4.22. The SMILES string of the molecule is Oc1c2c(c(O)c3c1[C@@H]1CC[C@H]3C1)C1CCC2CC1. The molecular weight excluding hydrogens is 236 g/mol. The first-order chi connectivity index (χ1) is 9.25. The standard InChI is InChI=1S/C17H20O2/c18-16-12-8-1-2-9(4-3-8)13(12)17(19)15-11-6-5-10(7-11)14(15)16/h8-11,18-19H,1-7H2/t8?,9?,10-,11+. The Morgan fingerprint density at radius 1 is 0.526 bits per heavy atom. The van der Waals surface area contributed by atoms with Gasteiger partial charge in [-0.15, -0.1) is 0 Å². The zero-order valence-electron chi connectivity index (χ0n) is 11.2. The number of phenols is 2. The van der Waals surface area contributed by atoms with E-state index in [1.165, 1.54) is 38.5 Å². The molecule has 2 saturated carbocycles. The smallest absolute Gasteiger partial charge is 0.123 e. The topological polar surface area (TPSA) is 40.5 Å². The number of benzene rings is 1. The van der Waals surface area contributed by atoms with Crippen molar-refractivity contribution in [1.29, 1.82) is 0 Å². The van der Waals surface area contributed by atoms with Gasteiger partial charge in [-0.2, -0.15) is 0 Å². The molecule has 2 nitrogen and oxygen atoms in total. The lowest BCUT2D eigenvalue weighted by Crippen LogP contribution is -2.23. The Balaban J connectivity index is 1.86. The number of rotatable bonds is 0. The summed E-state index contributed by atoms with van der Waals surface area (Å²) in [6, 6.07) is 0. The van der Waals surface area contributed by atoms with E-state index < -0.39 is 0 Å². The van der Waals surface area contributed by atoms with Crippen LogP contribution in [0.15, 0.2) is 0 Å². The van der Waals surface area contributed by atoms with Gasteiger partial charge in [0.1, 0.15) is 11.5 Å². The van der Waals surface area contributed by atoms with Crippen LogP contribution in [0.4, 0.5) is 0 Å². The zero-order chi connectivity index (χ0) is 12.7. The largest absolute Gasteiger partial charge is 0.507 e. The van der Waals surface area contributed by atoms with E-state index in [0.717, 1.165) is 28.7 Å². The average molecular weight is 256 g/mol. The minimum Gasteiger partial charge on any atom is -0.507 e. The van der Waals surface area contributed by atoms with E-state index in [2.05, 4.69) is 0 Å². The molecule has 2 atom stereocenters. The van der Waals surface area contributed by atoms with Gasteiger partial charge < -0.3 is 10.2 Å². The van der Waals surface area contributed by atoms with E-state index in [9.17, 15) is 10.2 Å². The van der Waals surface area contributed by atoms with Gasteiger partial charge in [0.25, 0.3) is 0 Å². The van der Waals surface area contributed by atoms with Crippen molar-refractivity contribution in [2.24, 2.45) is 0 Å². The normalized spacial score (nSPS) is 37.5. The second kappa shape index (κ2) is 3.28. The Hall–Kier alpha value is -1.18. The van der Waals surface area contributed by atoms with Gasteiger partial charge in [-0.25, -0.2) is 0 Å². The van der Waals surface area contributed by atoms with Gasteiger partial charge >= 0.3 is 0 Å². The lowest BCUT2D eigenvalue weighted by molar-refractivity contribution is 0.325. The molecule has 6 rings (SSSR count). The van der Waals surface area contributed by atoms with E-state index in [4.69, 9.17) is 0 Å². The third kappa shape index (κ3) is 1.11. The minimum absolute atomic E-state index is 0.510. The molecule has 4 bridgehead atoms. The maximum atomic E-state index is 10.8. The van der Waals surface area contributed by atoms with E-state index >= 15 is 0 Å². The molecule has 5 aliphatic rings. The van der Waals surface area contributed by atoms with E-state index in [-0.39, 0.29) is 0 Å². The van der Waals surface area contributed by atoms with Crippen LogP contribution in [0.5, 0.6) is 11.5 Å². The molecule has 0 amide bonds. The van der Waals surface area contributed by atoms with Crippen molar-refractivity contribution in [1.82, 2.24) is 0 Å². The molecule has 0 unspecified atom stereocenters. The molecule has 100 valence electrons. The molecule has 2 heteroatoms. The van der Waals surface area contributed by atoms with Crippen LogP contribution in [0.1, 0.15) is 90.9 Å². The highest BCUT2D eigenvalue weighted by Crippen LogP contribution is 2.65. The highest BCUT2D eigenvalue weighted by Gasteiger charge is 2.46. The summed E-state index contributed by atoms with van der Waals surface area (Å²) in [4.78, 5) is 0. The van der Waals surface area contributed by atoms with Gasteiger partial charge in [0.2, 0.25) is 0 Å². The first-order valence-corrected chi connectivity index (χ1v) is 7.87. The van der Waals surface area contributed by atoms with Crippen LogP contribution in [0, 0.1) is 0 Å². The molecule has 1 aromatic rings. The van der Waals surface area contributed by atoms with Crippen LogP contribution in [0.25, 0.3) is 0 Å². The van der Waals surface area contributed by atoms with Gasteiger partial charge in [-0.3, -0.25) is 0 Å². The fraction of sp³-hybridized carbons (Fsp3) is 0.647. The summed E-state index contributed by atoms with van der Waals surface area (Å²) < 4.78 is 0. The Kier molecular flexibility index (Phi) is 1.83. The second-order valence-electron chi connectivity index (χ2n) is 7.11. The van der Waals surface area contributed by atoms with Crippen LogP contribution in [0.2, 0.25) is 0 Å². The van der Waals surface area contributed by atoms with Gasteiger partial charge in [-0.05, 0) is 68.6 Å². The van der Waals surface area contributed by atoms with Crippen LogP contribution < -0.4 is 0 Å². The molecule has 0 aromatic heterocycles. The molecule has 19 heavy (non-hydrogen) atoms. The summed E-state index contributed by atoms with van der Waals surface area (Å²) in [6.07, 6.45) is 8.40. The van der Waals surface area contributed by atoms with Gasteiger partial charge in [0, 0.05) is 22.3 Å². The number of hydrogen-bond acceptors (Lipinski definition) is 2. The van der Waals surface area contributed by atoms with Gasteiger partial charge in [0.05, 0.1) is 0 Å². The lowest BCUT2D eigenvalue weighted by atomic mass is 9.65. The summed E-state index contributed by atoms with van der Waals surface area (Å²) in [5.74, 6) is 3.24. The Morgan fingerprint density at radius 2 is 0.842 bits per heavy atom. The number of aromatic hydroxyl groups is 2. The summed E-state index contributed by atoms with van der Waals surface area (Å²) in [5.41, 5.74) is 4.57. The number of phenolic OH excluding ortho intramolecular Hbond substituents is 2. The molecule has 0 spiro atoms. The predicted molar refractivity (Wildman–Crippen MR) is 73.1 cm³/mol. The Morgan fingerprint density at radius 3 is 1.26 bits per heavy atom. The van der Waals surface area contributed by atoms with Crippen LogP contribution in [-0.2, 0) is 0 Å². The maximum Gasteiger partial charge on any atom is 0.123 e.